The van der Waals surface area contributed by atoms with Gasteiger partial charge in [0.05, 0.1) is 27.8 Å². The van der Waals surface area contributed by atoms with Crippen molar-refractivity contribution < 1.29 is 14.4 Å². The van der Waals surface area contributed by atoms with Gasteiger partial charge in [0.2, 0.25) is 5.91 Å². The van der Waals surface area contributed by atoms with Crippen LogP contribution in [0.5, 0.6) is 0 Å². The van der Waals surface area contributed by atoms with Gasteiger partial charge in [-0.3, -0.25) is 9.59 Å². The van der Waals surface area contributed by atoms with Crippen molar-refractivity contribution in [3.63, 3.8) is 0 Å². The van der Waals surface area contributed by atoms with Crippen LogP contribution in [0, 0.1) is 0 Å². The summed E-state index contributed by atoms with van der Waals surface area (Å²) in [4.78, 5) is 28.5. The zero-order valence-electron chi connectivity index (χ0n) is 13.5. The lowest BCUT2D eigenvalue weighted by atomic mass is 10.3. The Morgan fingerprint density at radius 2 is 1.42 bits per heavy atom. The first kappa shape index (κ1) is 19.6. The summed E-state index contributed by atoms with van der Waals surface area (Å²) >= 11 is 11.9. The molecule has 26 heavy (non-hydrogen) atoms. The van der Waals surface area contributed by atoms with Crippen molar-refractivity contribution in [1.82, 2.24) is 0 Å². The standard InChI is InChI=1S/C17H16Cl2N4O3/c18-11-5-1-3-7-13(11)21-16(24)9-15(20)23-26-10-17(25)22-14-8-4-2-6-12(14)19/h1-8H,9-10H2,(H2,20,23)(H,21,24)(H,22,25). The van der Waals surface area contributed by atoms with Gasteiger partial charge in [-0.1, -0.05) is 52.6 Å². The highest BCUT2D eigenvalue weighted by Gasteiger charge is 2.09. The van der Waals surface area contributed by atoms with E-state index in [1.807, 2.05) is 0 Å². The number of nitrogens with zero attached hydrogens (tertiary/aromatic N) is 1. The highest BCUT2D eigenvalue weighted by molar-refractivity contribution is 6.34. The quantitative estimate of drug-likeness (QED) is 0.380. The average Bonchev–Trinajstić information content (AvgIpc) is 2.59. The van der Waals surface area contributed by atoms with Crippen LogP contribution in [0.4, 0.5) is 11.4 Å². The van der Waals surface area contributed by atoms with Gasteiger partial charge < -0.3 is 21.2 Å². The molecule has 0 aliphatic carbocycles. The molecule has 136 valence electrons. The maximum atomic E-state index is 11.9. The van der Waals surface area contributed by atoms with Crippen LogP contribution in [-0.2, 0) is 14.4 Å². The third-order valence-electron chi connectivity index (χ3n) is 3.02. The van der Waals surface area contributed by atoms with Gasteiger partial charge >= 0.3 is 0 Å². The first-order chi connectivity index (χ1) is 12.5. The van der Waals surface area contributed by atoms with Crippen molar-refractivity contribution in [1.29, 1.82) is 0 Å². The lowest BCUT2D eigenvalue weighted by Gasteiger charge is -2.07. The molecule has 0 fully saturated rings. The summed E-state index contributed by atoms with van der Waals surface area (Å²) in [6, 6.07) is 13.6. The molecule has 0 aromatic heterocycles. The van der Waals surface area contributed by atoms with Gasteiger partial charge in [-0.25, -0.2) is 0 Å². The average molecular weight is 395 g/mol. The third-order valence-corrected chi connectivity index (χ3v) is 3.67. The van der Waals surface area contributed by atoms with E-state index in [-0.39, 0.29) is 18.9 Å². The molecule has 2 aromatic rings. The van der Waals surface area contributed by atoms with Crippen LogP contribution >= 0.6 is 23.2 Å². The number of amidine groups is 1. The minimum Gasteiger partial charge on any atom is -0.384 e. The lowest BCUT2D eigenvalue weighted by Crippen LogP contribution is -2.23. The number of rotatable bonds is 7. The molecule has 0 unspecified atom stereocenters. The summed E-state index contributed by atoms with van der Waals surface area (Å²) in [6.07, 6.45) is -0.211. The molecule has 0 aliphatic heterocycles. The number of nitrogens with two attached hydrogens (primary N) is 1. The monoisotopic (exact) mass is 394 g/mol. The fourth-order valence-electron chi connectivity index (χ4n) is 1.88. The third kappa shape index (κ3) is 6.27. The Labute approximate surface area is 160 Å². The summed E-state index contributed by atoms with van der Waals surface area (Å²) in [5.74, 6) is -0.960. The fraction of sp³-hybridized carbons (Fsp3) is 0.118. The molecule has 4 N–H and O–H groups in total. The van der Waals surface area contributed by atoms with E-state index in [0.717, 1.165) is 0 Å². The zero-order valence-corrected chi connectivity index (χ0v) is 15.1. The van der Waals surface area contributed by atoms with Gasteiger partial charge in [-0.15, -0.1) is 0 Å². The van der Waals surface area contributed by atoms with Crippen molar-refractivity contribution in [2.75, 3.05) is 17.2 Å². The second kappa shape index (κ2) is 9.65. The predicted molar refractivity (Wildman–Crippen MR) is 102 cm³/mol. The van der Waals surface area contributed by atoms with E-state index in [1.165, 1.54) is 0 Å². The van der Waals surface area contributed by atoms with Crippen LogP contribution in [0.2, 0.25) is 10.0 Å². The molecule has 0 aliphatic rings. The topological polar surface area (TPSA) is 106 Å². The van der Waals surface area contributed by atoms with Gasteiger partial charge in [0, 0.05) is 0 Å². The molecule has 0 saturated carbocycles. The SMILES string of the molecule is N/C(CC(=O)Nc1ccccc1Cl)=N/OCC(=O)Nc1ccccc1Cl. The number of amides is 2. The van der Waals surface area contributed by atoms with Crippen molar-refractivity contribution >= 4 is 52.2 Å². The number of nitrogens with one attached hydrogen (secondary N) is 2. The molecule has 0 heterocycles. The Kier molecular flexibility index (Phi) is 7.25. The predicted octanol–water partition coefficient (Wildman–Crippen LogP) is 3.25. The number of benzene rings is 2. The minimum absolute atomic E-state index is 0.0832. The Bertz CT molecular complexity index is 827. The number of oxime groups is 1. The number of hydrogen-bond donors (Lipinski definition) is 3. The van der Waals surface area contributed by atoms with Crippen molar-refractivity contribution in [2.24, 2.45) is 10.9 Å². The number of carbonyl (C=O) groups is 2. The molecule has 0 atom stereocenters. The zero-order chi connectivity index (χ0) is 18.9. The Balaban J connectivity index is 1.77. The van der Waals surface area contributed by atoms with E-state index < -0.39 is 11.8 Å². The summed E-state index contributed by atoms with van der Waals surface area (Å²) < 4.78 is 0. The van der Waals surface area contributed by atoms with Crippen LogP contribution in [0.15, 0.2) is 53.7 Å². The number of anilines is 2. The second-order valence-corrected chi connectivity index (χ2v) is 5.90. The minimum atomic E-state index is -0.463. The van der Waals surface area contributed by atoms with Crippen LogP contribution in [-0.4, -0.2) is 24.3 Å². The maximum absolute atomic E-state index is 11.9. The summed E-state index contributed by atoms with van der Waals surface area (Å²) in [5.41, 5.74) is 6.53. The molecule has 7 nitrogen and oxygen atoms in total. The Hall–Kier alpha value is -2.77. The largest absolute Gasteiger partial charge is 0.384 e. The number of halogens is 2. The number of carbonyl (C=O) groups excluding carboxylic acids is 2. The van der Waals surface area contributed by atoms with Gasteiger partial charge in [-0.2, -0.15) is 0 Å². The highest BCUT2D eigenvalue weighted by Crippen LogP contribution is 2.21. The van der Waals surface area contributed by atoms with Crippen molar-refractivity contribution in [3.05, 3.63) is 58.6 Å². The molecular formula is C17H16Cl2N4O3. The molecule has 2 rings (SSSR count). The normalized spacial score (nSPS) is 10.9. The van der Waals surface area contributed by atoms with E-state index in [0.29, 0.717) is 21.4 Å². The fourth-order valence-corrected chi connectivity index (χ4v) is 2.24. The molecule has 0 spiro atoms. The summed E-state index contributed by atoms with van der Waals surface area (Å²) in [7, 11) is 0. The van der Waals surface area contributed by atoms with Gasteiger partial charge in [-0.05, 0) is 24.3 Å². The molecule has 9 heteroatoms. The first-order valence-corrected chi connectivity index (χ1v) is 8.24. The molecule has 0 radical (unpaired) electrons. The van der Waals surface area contributed by atoms with Gasteiger partial charge in [0.15, 0.2) is 6.61 Å². The molecule has 0 bridgehead atoms. The molecule has 0 saturated heterocycles. The smallest absolute Gasteiger partial charge is 0.265 e. The van der Waals surface area contributed by atoms with Crippen LogP contribution in [0.1, 0.15) is 6.42 Å². The van der Waals surface area contributed by atoms with Crippen molar-refractivity contribution in [2.45, 2.75) is 6.42 Å². The van der Waals surface area contributed by atoms with E-state index in [1.54, 1.807) is 48.5 Å². The van der Waals surface area contributed by atoms with Crippen molar-refractivity contribution in [3.8, 4) is 0 Å². The maximum Gasteiger partial charge on any atom is 0.265 e. The number of para-hydroxylation sites is 2. The number of hydrogen-bond acceptors (Lipinski definition) is 4. The summed E-state index contributed by atoms with van der Waals surface area (Å²) in [6.45, 7) is -0.377. The molecular weight excluding hydrogens is 379 g/mol. The van der Waals surface area contributed by atoms with E-state index >= 15 is 0 Å². The lowest BCUT2D eigenvalue weighted by molar-refractivity contribution is -0.120. The van der Waals surface area contributed by atoms with Gasteiger partial charge in [0.25, 0.3) is 5.91 Å². The second-order valence-electron chi connectivity index (χ2n) is 5.09. The van der Waals surface area contributed by atoms with E-state index in [2.05, 4.69) is 15.8 Å². The first-order valence-electron chi connectivity index (χ1n) is 7.49. The van der Waals surface area contributed by atoms with Crippen LogP contribution in [0.25, 0.3) is 0 Å². The van der Waals surface area contributed by atoms with E-state index in [9.17, 15) is 9.59 Å². The molecule has 2 aromatic carbocycles. The Morgan fingerprint density at radius 1 is 0.923 bits per heavy atom. The van der Waals surface area contributed by atoms with Gasteiger partial charge in [0.1, 0.15) is 5.84 Å². The van der Waals surface area contributed by atoms with Crippen LogP contribution in [0.3, 0.4) is 0 Å². The Morgan fingerprint density at radius 3 is 1.96 bits per heavy atom. The van der Waals surface area contributed by atoms with E-state index in [4.69, 9.17) is 33.8 Å². The molecule has 2 amide bonds. The summed E-state index contributed by atoms with van der Waals surface area (Å²) in [5, 5.41) is 9.51. The van der Waals surface area contributed by atoms with Crippen LogP contribution < -0.4 is 16.4 Å². The highest BCUT2D eigenvalue weighted by atomic mass is 35.5.